The largest absolute Gasteiger partial charge is 0.478 e. The van der Waals surface area contributed by atoms with Crippen molar-refractivity contribution in [2.75, 3.05) is 19.6 Å². The van der Waals surface area contributed by atoms with Crippen molar-refractivity contribution in [3.8, 4) is 0 Å². The lowest BCUT2D eigenvalue weighted by Gasteiger charge is -2.30. The third kappa shape index (κ3) is 3.33. The SMILES string of the molecule is COC1(OCCCCl)C=CC(C(=O)O)=CC1. The molecule has 90 valence electrons. The Morgan fingerprint density at radius 1 is 1.69 bits per heavy atom. The van der Waals surface area contributed by atoms with E-state index in [1.807, 2.05) is 0 Å². The number of halogens is 1. The average molecular weight is 247 g/mol. The van der Waals surface area contributed by atoms with Crippen molar-refractivity contribution in [1.82, 2.24) is 0 Å². The fraction of sp³-hybridized carbons (Fsp3) is 0.545. The number of carbonyl (C=O) groups is 1. The maximum Gasteiger partial charge on any atom is 0.335 e. The summed E-state index contributed by atoms with van der Waals surface area (Å²) in [5.41, 5.74) is 0.258. The average Bonchev–Trinajstić information content (AvgIpc) is 2.30. The van der Waals surface area contributed by atoms with Crippen molar-refractivity contribution in [3.05, 3.63) is 23.8 Å². The molecule has 1 aliphatic rings. The number of methoxy groups -OCH3 is 1. The minimum absolute atomic E-state index is 0.258. The van der Waals surface area contributed by atoms with Crippen LogP contribution in [0.5, 0.6) is 0 Å². The van der Waals surface area contributed by atoms with Gasteiger partial charge in [-0.3, -0.25) is 0 Å². The molecule has 0 aromatic carbocycles. The molecule has 1 aliphatic carbocycles. The summed E-state index contributed by atoms with van der Waals surface area (Å²) in [5, 5.41) is 8.78. The Morgan fingerprint density at radius 2 is 2.44 bits per heavy atom. The number of carboxylic acids is 1. The molecule has 5 heteroatoms. The van der Waals surface area contributed by atoms with E-state index in [0.717, 1.165) is 6.42 Å². The number of carboxylic acid groups (broad SMARTS) is 1. The second-order valence-corrected chi connectivity index (χ2v) is 3.79. The lowest BCUT2D eigenvalue weighted by molar-refractivity contribution is -0.186. The lowest BCUT2D eigenvalue weighted by atomic mass is 10.0. The maximum atomic E-state index is 10.7. The van der Waals surface area contributed by atoms with Gasteiger partial charge in [-0.25, -0.2) is 4.79 Å². The van der Waals surface area contributed by atoms with Crippen LogP contribution in [-0.2, 0) is 14.3 Å². The van der Waals surface area contributed by atoms with Gasteiger partial charge in [-0.15, -0.1) is 11.6 Å². The van der Waals surface area contributed by atoms with Gasteiger partial charge in [0.1, 0.15) is 0 Å². The molecule has 0 heterocycles. The summed E-state index contributed by atoms with van der Waals surface area (Å²) in [6.45, 7) is 0.484. The van der Waals surface area contributed by atoms with Gasteiger partial charge >= 0.3 is 5.97 Å². The second-order valence-electron chi connectivity index (χ2n) is 3.41. The van der Waals surface area contributed by atoms with E-state index in [1.165, 1.54) is 13.2 Å². The Morgan fingerprint density at radius 3 is 2.88 bits per heavy atom. The smallest absolute Gasteiger partial charge is 0.335 e. The van der Waals surface area contributed by atoms with Crippen LogP contribution in [0.25, 0.3) is 0 Å². The summed E-state index contributed by atoms with van der Waals surface area (Å²) < 4.78 is 10.8. The molecule has 1 N–H and O–H groups in total. The van der Waals surface area contributed by atoms with E-state index < -0.39 is 11.8 Å². The molecule has 0 spiro atoms. The molecule has 0 saturated carbocycles. The van der Waals surface area contributed by atoms with Crippen LogP contribution in [0.2, 0.25) is 0 Å². The van der Waals surface area contributed by atoms with Gasteiger partial charge in [0.2, 0.25) is 0 Å². The van der Waals surface area contributed by atoms with E-state index >= 15 is 0 Å². The number of rotatable bonds is 6. The first kappa shape index (κ1) is 13.2. The molecule has 16 heavy (non-hydrogen) atoms. The fourth-order valence-electron chi connectivity index (χ4n) is 1.38. The third-order valence-electron chi connectivity index (χ3n) is 2.34. The highest BCUT2D eigenvalue weighted by Gasteiger charge is 2.29. The van der Waals surface area contributed by atoms with E-state index in [9.17, 15) is 4.79 Å². The lowest BCUT2D eigenvalue weighted by Crippen LogP contribution is -2.34. The van der Waals surface area contributed by atoms with Gasteiger partial charge in [0, 0.05) is 19.4 Å². The number of hydrogen-bond acceptors (Lipinski definition) is 3. The van der Waals surface area contributed by atoms with Crippen LogP contribution in [0.15, 0.2) is 23.8 Å². The monoisotopic (exact) mass is 246 g/mol. The number of hydrogen-bond donors (Lipinski definition) is 1. The van der Waals surface area contributed by atoms with Crippen LogP contribution in [0.4, 0.5) is 0 Å². The van der Waals surface area contributed by atoms with Crippen LogP contribution in [-0.4, -0.2) is 36.5 Å². The predicted molar refractivity (Wildman–Crippen MR) is 60.5 cm³/mol. The van der Waals surface area contributed by atoms with E-state index in [4.69, 9.17) is 26.2 Å². The molecule has 0 saturated heterocycles. The zero-order valence-corrected chi connectivity index (χ0v) is 9.87. The molecular weight excluding hydrogens is 232 g/mol. The molecule has 0 fully saturated rings. The fourth-order valence-corrected chi connectivity index (χ4v) is 1.49. The quantitative estimate of drug-likeness (QED) is 0.442. The standard InChI is InChI=1S/C11H15ClO4/c1-15-11(16-8-2-7-12)5-3-9(4-6-11)10(13)14/h3-5H,2,6-8H2,1H3,(H,13,14). The number of aliphatic carboxylic acids is 1. The van der Waals surface area contributed by atoms with E-state index in [2.05, 4.69) is 0 Å². The van der Waals surface area contributed by atoms with Crippen molar-refractivity contribution < 1.29 is 19.4 Å². The second kappa shape index (κ2) is 6.03. The van der Waals surface area contributed by atoms with Crippen LogP contribution >= 0.6 is 11.6 Å². The van der Waals surface area contributed by atoms with Crippen molar-refractivity contribution in [3.63, 3.8) is 0 Å². The summed E-state index contributed by atoms with van der Waals surface area (Å²) in [7, 11) is 1.53. The molecule has 0 radical (unpaired) electrons. The first-order valence-corrected chi connectivity index (χ1v) is 5.55. The van der Waals surface area contributed by atoms with Gasteiger partial charge in [0.05, 0.1) is 12.2 Å². The zero-order valence-electron chi connectivity index (χ0n) is 9.11. The molecular formula is C11H15ClO4. The van der Waals surface area contributed by atoms with Crippen LogP contribution < -0.4 is 0 Å². The summed E-state index contributed by atoms with van der Waals surface area (Å²) in [4.78, 5) is 10.7. The number of alkyl halides is 1. The molecule has 4 nitrogen and oxygen atoms in total. The molecule has 0 aromatic rings. The van der Waals surface area contributed by atoms with Crippen LogP contribution in [0.3, 0.4) is 0 Å². The Kier molecular flexibility index (Phi) is 4.99. The van der Waals surface area contributed by atoms with Crippen molar-refractivity contribution in [2.24, 2.45) is 0 Å². The predicted octanol–water partition coefficient (Wildman–Crippen LogP) is 1.95. The molecule has 1 atom stereocenters. The highest BCUT2D eigenvalue weighted by molar-refractivity contribution is 6.17. The molecule has 0 aromatic heterocycles. The molecule has 1 rings (SSSR count). The summed E-state index contributed by atoms with van der Waals surface area (Å²) in [6.07, 6.45) is 5.84. The normalized spacial score (nSPS) is 24.2. The van der Waals surface area contributed by atoms with E-state index in [1.54, 1.807) is 12.2 Å². The van der Waals surface area contributed by atoms with E-state index in [-0.39, 0.29) is 5.57 Å². The summed E-state index contributed by atoms with van der Waals surface area (Å²) in [5.74, 6) is -1.26. The van der Waals surface area contributed by atoms with Crippen molar-refractivity contribution >= 4 is 17.6 Å². The van der Waals surface area contributed by atoms with Crippen LogP contribution in [0, 0.1) is 0 Å². The van der Waals surface area contributed by atoms with Gasteiger partial charge in [0.25, 0.3) is 0 Å². The van der Waals surface area contributed by atoms with Gasteiger partial charge < -0.3 is 14.6 Å². The Balaban J connectivity index is 2.59. The molecule has 0 aliphatic heterocycles. The minimum atomic E-state index is -0.943. The number of ether oxygens (including phenoxy) is 2. The third-order valence-corrected chi connectivity index (χ3v) is 2.61. The highest BCUT2D eigenvalue weighted by Crippen LogP contribution is 2.26. The molecule has 0 bridgehead atoms. The highest BCUT2D eigenvalue weighted by atomic mass is 35.5. The zero-order chi connectivity index (χ0) is 12.0. The first-order valence-electron chi connectivity index (χ1n) is 5.01. The Hall–Kier alpha value is -0.840. The summed E-state index contributed by atoms with van der Waals surface area (Å²) >= 11 is 5.54. The van der Waals surface area contributed by atoms with Crippen molar-refractivity contribution in [2.45, 2.75) is 18.6 Å². The molecule has 1 unspecified atom stereocenters. The minimum Gasteiger partial charge on any atom is -0.478 e. The van der Waals surface area contributed by atoms with E-state index in [0.29, 0.717) is 18.9 Å². The maximum absolute atomic E-state index is 10.7. The van der Waals surface area contributed by atoms with Gasteiger partial charge in [-0.2, -0.15) is 0 Å². The first-order chi connectivity index (χ1) is 7.63. The van der Waals surface area contributed by atoms with Gasteiger partial charge in [-0.05, 0) is 18.6 Å². The Bertz CT molecular complexity index is 311. The van der Waals surface area contributed by atoms with Crippen molar-refractivity contribution in [1.29, 1.82) is 0 Å². The topological polar surface area (TPSA) is 55.8 Å². The van der Waals surface area contributed by atoms with Crippen LogP contribution in [0.1, 0.15) is 12.8 Å². The summed E-state index contributed by atoms with van der Waals surface area (Å²) in [6, 6.07) is 0. The van der Waals surface area contributed by atoms with Gasteiger partial charge in [0.15, 0.2) is 5.79 Å². The molecule has 0 amide bonds. The van der Waals surface area contributed by atoms with Gasteiger partial charge in [-0.1, -0.05) is 6.08 Å². The Labute approximate surface area is 99.5 Å².